The first-order valence-electron chi connectivity index (χ1n) is 9.44. The molecule has 0 aliphatic heterocycles. The van der Waals surface area contributed by atoms with Crippen LogP contribution in [-0.4, -0.2) is 35.7 Å². The fourth-order valence-corrected chi connectivity index (χ4v) is 3.72. The van der Waals surface area contributed by atoms with Crippen molar-refractivity contribution in [3.63, 3.8) is 0 Å². The normalized spacial score (nSPS) is 16.3. The summed E-state index contributed by atoms with van der Waals surface area (Å²) in [5.41, 5.74) is 3.76. The highest BCUT2D eigenvalue weighted by Gasteiger charge is 2.19. The SMILES string of the molecule is CN(C)CC1CCc2cc(OCc3nnc(-c4ccccc4)o3)ccc2C1. The van der Waals surface area contributed by atoms with Crippen molar-refractivity contribution in [1.82, 2.24) is 15.1 Å². The van der Waals surface area contributed by atoms with Gasteiger partial charge in [-0.05, 0) is 74.7 Å². The first-order valence-corrected chi connectivity index (χ1v) is 9.44. The van der Waals surface area contributed by atoms with Crippen molar-refractivity contribution in [2.75, 3.05) is 20.6 Å². The molecule has 1 atom stereocenters. The molecule has 0 bridgehead atoms. The van der Waals surface area contributed by atoms with E-state index in [1.54, 1.807) is 0 Å². The largest absolute Gasteiger partial charge is 0.484 e. The van der Waals surface area contributed by atoms with Crippen LogP contribution in [0.15, 0.2) is 52.9 Å². The second-order valence-corrected chi connectivity index (χ2v) is 7.46. The van der Waals surface area contributed by atoms with E-state index in [9.17, 15) is 0 Å². The van der Waals surface area contributed by atoms with Crippen molar-refractivity contribution in [3.8, 4) is 17.2 Å². The van der Waals surface area contributed by atoms with Gasteiger partial charge in [0, 0.05) is 12.1 Å². The van der Waals surface area contributed by atoms with Crippen LogP contribution in [0.5, 0.6) is 5.75 Å². The minimum Gasteiger partial charge on any atom is -0.484 e. The van der Waals surface area contributed by atoms with Crippen LogP contribution in [0.1, 0.15) is 23.4 Å². The molecule has 3 aromatic rings. The lowest BCUT2D eigenvalue weighted by atomic mass is 9.83. The van der Waals surface area contributed by atoms with Gasteiger partial charge >= 0.3 is 0 Å². The topological polar surface area (TPSA) is 51.4 Å². The minimum absolute atomic E-state index is 0.280. The van der Waals surface area contributed by atoms with Gasteiger partial charge < -0.3 is 14.1 Å². The summed E-state index contributed by atoms with van der Waals surface area (Å²) in [6, 6.07) is 16.2. The van der Waals surface area contributed by atoms with Crippen LogP contribution >= 0.6 is 0 Å². The van der Waals surface area contributed by atoms with Gasteiger partial charge in [0.05, 0.1) is 0 Å². The number of ether oxygens (including phenoxy) is 1. The smallest absolute Gasteiger partial charge is 0.254 e. The van der Waals surface area contributed by atoms with Crippen LogP contribution in [0.25, 0.3) is 11.5 Å². The number of benzene rings is 2. The Hall–Kier alpha value is -2.66. The average molecular weight is 363 g/mol. The Morgan fingerprint density at radius 2 is 1.93 bits per heavy atom. The maximum Gasteiger partial charge on any atom is 0.254 e. The lowest BCUT2D eigenvalue weighted by Crippen LogP contribution is -2.26. The van der Waals surface area contributed by atoms with Crippen molar-refractivity contribution in [3.05, 3.63) is 65.5 Å². The molecule has 2 aromatic carbocycles. The number of hydrogen-bond acceptors (Lipinski definition) is 5. The molecule has 5 nitrogen and oxygen atoms in total. The first kappa shape index (κ1) is 17.7. The molecule has 1 aliphatic rings. The Kier molecular flexibility index (Phi) is 5.21. The Balaban J connectivity index is 1.38. The molecule has 140 valence electrons. The summed E-state index contributed by atoms with van der Waals surface area (Å²) in [7, 11) is 4.29. The second kappa shape index (κ2) is 7.92. The van der Waals surface area contributed by atoms with E-state index in [0.717, 1.165) is 36.6 Å². The quantitative estimate of drug-likeness (QED) is 0.663. The number of fused-ring (bicyclic) bond motifs is 1. The average Bonchev–Trinajstić information content (AvgIpc) is 3.16. The lowest BCUT2D eigenvalue weighted by Gasteiger charge is -2.27. The van der Waals surface area contributed by atoms with Crippen LogP contribution in [-0.2, 0) is 19.4 Å². The second-order valence-electron chi connectivity index (χ2n) is 7.46. The predicted octanol–water partition coefficient (Wildman–Crippen LogP) is 3.98. The van der Waals surface area contributed by atoms with Crippen molar-refractivity contribution in [2.24, 2.45) is 5.92 Å². The molecule has 0 fully saturated rings. The molecule has 5 heteroatoms. The van der Waals surface area contributed by atoms with E-state index in [0.29, 0.717) is 11.8 Å². The summed E-state index contributed by atoms with van der Waals surface area (Å²) in [6.45, 7) is 1.43. The third-order valence-electron chi connectivity index (χ3n) is 4.98. The van der Waals surface area contributed by atoms with E-state index in [4.69, 9.17) is 9.15 Å². The van der Waals surface area contributed by atoms with E-state index >= 15 is 0 Å². The summed E-state index contributed by atoms with van der Waals surface area (Å²) >= 11 is 0. The predicted molar refractivity (Wildman–Crippen MR) is 105 cm³/mol. The zero-order valence-electron chi connectivity index (χ0n) is 15.9. The maximum atomic E-state index is 5.89. The van der Waals surface area contributed by atoms with Gasteiger partial charge in [-0.25, -0.2) is 0 Å². The fraction of sp³-hybridized carbons (Fsp3) is 0.364. The molecular weight excluding hydrogens is 338 g/mol. The summed E-state index contributed by atoms with van der Waals surface area (Å²) < 4.78 is 11.6. The minimum atomic E-state index is 0.280. The van der Waals surface area contributed by atoms with Crippen LogP contribution < -0.4 is 4.74 Å². The van der Waals surface area contributed by atoms with Gasteiger partial charge in [-0.3, -0.25) is 0 Å². The van der Waals surface area contributed by atoms with Gasteiger partial charge in [0.15, 0.2) is 6.61 Å². The molecule has 0 N–H and O–H groups in total. The van der Waals surface area contributed by atoms with Gasteiger partial charge in [0.1, 0.15) is 5.75 Å². The molecular formula is C22H25N3O2. The summed E-state index contributed by atoms with van der Waals surface area (Å²) in [4.78, 5) is 2.28. The van der Waals surface area contributed by atoms with E-state index < -0.39 is 0 Å². The van der Waals surface area contributed by atoms with Crippen LogP contribution in [0.2, 0.25) is 0 Å². The molecule has 1 heterocycles. The molecule has 1 unspecified atom stereocenters. The monoisotopic (exact) mass is 363 g/mol. The molecule has 0 saturated carbocycles. The van der Waals surface area contributed by atoms with E-state index in [1.165, 1.54) is 17.5 Å². The summed E-state index contributed by atoms with van der Waals surface area (Å²) in [5, 5.41) is 8.19. The van der Waals surface area contributed by atoms with Gasteiger partial charge in [0.25, 0.3) is 5.89 Å². The van der Waals surface area contributed by atoms with Gasteiger partial charge in [-0.15, -0.1) is 10.2 Å². The number of aryl methyl sites for hydroxylation is 1. The molecule has 1 aromatic heterocycles. The molecule has 4 rings (SSSR count). The molecule has 0 amide bonds. The van der Waals surface area contributed by atoms with Crippen molar-refractivity contribution >= 4 is 0 Å². The van der Waals surface area contributed by atoms with Crippen molar-refractivity contribution in [2.45, 2.75) is 25.9 Å². The zero-order chi connectivity index (χ0) is 18.6. The number of hydrogen-bond donors (Lipinski definition) is 0. The molecule has 1 aliphatic carbocycles. The van der Waals surface area contributed by atoms with Crippen LogP contribution in [0.4, 0.5) is 0 Å². The van der Waals surface area contributed by atoms with Crippen molar-refractivity contribution in [1.29, 1.82) is 0 Å². The Bertz CT molecular complexity index is 890. The Labute approximate surface area is 160 Å². The third-order valence-corrected chi connectivity index (χ3v) is 4.98. The van der Waals surface area contributed by atoms with Crippen molar-refractivity contribution < 1.29 is 9.15 Å². The number of aromatic nitrogens is 2. The molecule has 0 spiro atoms. The maximum absolute atomic E-state index is 5.89. The highest BCUT2D eigenvalue weighted by Crippen LogP contribution is 2.29. The van der Waals surface area contributed by atoms with E-state index in [2.05, 4.69) is 41.3 Å². The molecule has 27 heavy (non-hydrogen) atoms. The Morgan fingerprint density at radius 1 is 1.07 bits per heavy atom. The zero-order valence-corrected chi connectivity index (χ0v) is 15.9. The first-order chi connectivity index (χ1) is 13.2. The fourth-order valence-electron chi connectivity index (χ4n) is 3.72. The highest BCUT2D eigenvalue weighted by atomic mass is 16.5. The molecule has 0 radical (unpaired) electrons. The summed E-state index contributed by atoms with van der Waals surface area (Å²) in [6.07, 6.45) is 3.50. The standard InChI is InChI=1S/C22H25N3O2/c1-25(2)14-16-8-9-19-13-20(11-10-18(19)12-16)26-15-21-23-24-22(27-21)17-6-4-3-5-7-17/h3-7,10-11,13,16H,8-9,12,14-15H2,1-2H3. The van der Waals surface area contributed by atoms with Crippen LogP contribution in [0.3, 0.4) is 0 Å². The number of nitrogens with zero attached hydrogens (tertiary/aromatic N) is 3. The summed E-state index contributed by atoms with van der Waals surface area (Å²) in [5.74, 6) is 2.61. The lowest BCUT2D eigenvalue weighted by molar-refractivity contribution is 0.263. The molecule has 0 saturated heterocycles. The number of rotatable bonds is 6. The van der Waals surface area contributed by atoms with E-state index in [-0.39, 0.29) is 6.61 Å². The van der Waals surface area contributed by atoms with Gasteiger partial charge in [-0.1, -0.05) is 24.3 Å². The highest BCUT2D eigenvalue weighted by molar-refractivity contribution is 5.51. The third kappa shape index (κ3) is 4.37. The van der Waals surface area contributed by atoms with Gasteiger partial charge in [0.2, 0.25) is 5.89 Å². The van der Waals surface area contributed by atoms with E-state index in [1.807, 2.05) is 36.4 Å². The Morgan fingerprint density at radius 3 is 2.74 bits per heavy atom. The van der Waals surface area contributed by atoms with Gasteiger partial charge in [-0.2, -0.15) is 0 Å². The van der Waals surface area contributed by atoms with Crippen LogP contribution in [0, 0.1) is 5.92 Å².